The number of hydrogen-bond donors (Lipinski definition) is 1. The summed E-state index contributed by atoms with van der Waals surface area (Å²) in [5, 5.41) is 0. The van der Waals surface area contributed by atoms with Gasteiger partial charge in [0.1, 0.15) is 0 Å². The lowest BCUT2D eigenvalue weighted by Gasteiger charge is -2.16. The molecule has 0 fully saturated rings. The van der Waals surface area contributed by atoms with Crippen molar-refractivity contribution in [1.82, 2.24) is 0 Å². The second kappa shape index (κ2) is 2.18. The first-order chi connectivity index (χ1) is 3.79. The monoisotopic (exact) mass is 113 g/mol. The van der Waals surface area contributed by atoms with Crippen molar-refractivity contribution >= 4 is 0 Å². The predicted octanol–water partition coefficient (Wildman–Crippen LogP) is 0.638. The van der Waals surface area contributed by atoms with E-state index in [0.29, 0.717) is 12.7 Å². The average Bonchev–Trinajstić information content (AvgIpc) is 1.64. The van der Waals surface area contributed by atoms with E-state index in [2.05, 4.69) is 0 Å². The largest absolute Gasteiger partial charge is 0.402 e. The standard InChI is InChI=1S/C6H11NO/c1-5-4-6(7)2-3-8-5/h2,5H,3-4,7H2,1H3. The Morgan fingerprint density at radius 1 is 1.88 bits per heavy atom. The van der Waals surface area contributed by atoms with Crippen LogP contribution < -0.4 is 5.73 Å². The van der Waals surface area contributed by atoms with Crippen LogP contribution in [0.25, 0.3) is 0 Å². The van der Waals surface area contributed by atoms with Crippen molar-refractivity contribution in [2.45, 2.75) is 19.4 Å². The zero-order chi connectivity index (χ0) is 5.98. The van der Waals surface area contributed by atoms with Gasteiger partial charge in [0, 0.05) is 12.1 Å². The van der Waals surface area contributed by atoms with Crippen molar-refractivity contribution in [2.24, 2.45) is 5.73 Å². The van der Waals surface area contributed by atoms with Crippen LogP contribution in [0.3, 0.4) is 0 Å². The lowest BCUT2D eigenvalue weighted by Crippen LogP contribution is -2.18. The van der Waals surface area contributed by atoms with Gasteiger partial charge in [-0.3, -0.25) is 0 Å². The van der Waals surface area contributed by atoms with E-state index in [1.807, 2.05) is 13.0 Å². The van der Waals surface area contributed by atoms with E-state index in [9.17, 15) is 0 Å². The molecule has 0 aliphatic carbocycles. The van der Waals surface area contributed by atoms with Crippen LogP contribution in [0.4, 0.5) is 0 Å². The summed E-state index contributed by atoms with van der Waals surface area (Å²) in [4.78, 5) is 0. The van der Waals surface area contributed by atoms with Crippen LogP contribution in [0, 0.1) is 0 Å². The molecule has 0 saturated heterocycles. The van der Waals surface area contributed by atoms with Crippen molar-refractivity contribution in [1.29, 1.82) is 0 Å². The SMILES string of the molecule is CC1CC(N)=CCO1. The minimum absolute atomic E-state index is 0.319. The van der Waals surface area contributed by atoms with Crippen LogP contribution in [0.2, 0.25) is 0 Å². The van der Waals surface area contributed by atoms with Gasteiger partial charge in [0.05, 0.1) is 12.7 Å². The van der Waals surface area contributed by atoms with Gasteiger partial charge in [0.25, 0.3) is 0 Å². The molecule has 2 N–H and O–H groups in total. The van der Waals surface area contributed by atoms with Gasteiger partial charge < -0.3 is 10.5 Å². The number of ether oxygens (including phenoxy) is 1. The molecular formula is C6H11NO. The number of hydrogen-bond acceptors (Lipinski definition) is 2. The maximum Gasteiger partial charge on any atom is 0.0670 e. The lowest BCUT2D eigenvalue weighted by atomic mass is 10.2. The van der Waals surface area contributed by atoms with Crippen molar-refractivity contribution in [3.05, 3.63) is 11.8 Å². The zero-order valence-electron chi connectivity index (χ0n) is 5.05. The van der Waals surface area contributed by atoms with Gasteiger partial charge in [-0.05, 0) is 13.0 Å². The van der Waals surface area contributed by atoms with Crippen molar-refractivity contribution in [3.63, 3.8) is 0 Å². The van der Waals surface area contributed by atoms with E-state index < -0.39 is 0 Å². The number of nitrogens with two attached hydrogens (primary N) is 1. The highest BCUT2D eigenvalue weighted by molar-refractivity contribution is 5.00. The fourth-order valence-corrected chi connectivity index (χ4v) is 0.794. The fraction of sp³-hybridized carbons (Fsp3) is 0.667. The summed E-state index contributed by atoms with van der Waals surface area (Å²) in [6.45, 7) is 2.72. The van der Waals surface area contributed by atoms with Gasteiger partial charge in [0.15, 0.2) is 0 Å². The molecule has 1 aliphatic heterocycles. The van der Waals surface area contributed by atoms with Gasteiger partial charge in [-0.15, -0.1) is 0 Å². The molecule has 0 radical (unpaired) electrons. The average molecular weight is 113 g/mol. The molecule has 46 valence electrons. The second-order valence-electron chi connectivity index (χ2n) is 2.13. The molecular weight excluding hydrogens is 102 g/mol. The van der Waals surface area contributed by atoms with Crippen molar-refractivity contribution in [2.75, 3.05) is 6.61 Å². The van der Waals surface area contributed by atoms with Crippen LogP contribution >= 0.6 is 0 Å². The third kappa shape index (κ3) is 1.23. The van der Waals surface area contributed by atoms with Gasteiger partial charge in [0.2, 0.25) is 0 Å². The number of rotatable bonds is 0. The third-order valence-electron chi connectivity index (χ3n) is 1.25. The maximum atomic E-state index is 5.51. The molecule has 1 aliphatic rings. The van der Waals surface area contributed by atoms with Gasteiger partial charge in [-0.2, -0.15) is 0 Å². The first-order valence-electron chi connectivity index (χ1n) is 2.85. The summed E-state index contributed by atoms with van der Waals surface area (Å²) in [6.07, 6.45) is 3.12. The molecule has 2 nitrogen and oxygen atoms in total. The summed E-state index contributed by atoms with van der Waals surface area (Å²) in [6, 6.07) is 0. The highest BCUT2D eigenvalue weighted by atomic mass is 16.5. The highest BCUT2D eigenvalue weighted by Crippen LogP contribution is 2.08. The van der Waals surface area contributed by atoms with E-state index in [0.717, 1.165) is 12.1 Å². The summed E-state index contributed by atoms with van der Waals surface area (Å²) < 4.78 is 5.19. The van der Waals surface area contributed by atoms with E-state index in [4.69, 9.17) is 10.5 Å². The topological polar surface area (TPSA) is 35.2 Å². The maximum absolute atomic E-state index is 5.51. The molecule has 2 heteroatoms. The Balaban J connectivity index is 2.45. The predicted molar refractivity (Wildman–Crippen MR) is 32.3 cm³/mol. The molecule has 0 amide bonds. The minimum Gasteiger partial charge on any atom is -0.402 e. The van der Waals surface area contributed by atoms with E-state index >= 15 is 0 Å². The van der Waals surface area contributed by atoms with Crippen LogP contribution in [-0.4, -0.2) is 12.7 Å². The molecule has 0 aromatic heterocycles. The van der Waals surface area contributed by atoms with Crippen LogP contribution in [0.15, 0.2) is 11.8 Å². The Morgan fingerprint density at radius 3 is 3.00 bits per heavy atom. The Hall–Kier alpha value is -0.500. The molecule has 0 bridgehead atoms. The second-order valence-corrected chi connectivity index (χ2v) is 2.13. The van der Waals surface area contributed by atoms with Crippen molar-refractivity contribution in [3.8, 4) is 0 Å². The molecule has 8 heavy (non-hydrogen) atoms. The first kappa shape index (κ1) is 5.63. The highest BCUT2D eigenvalue weighted by Gasteiger charge is 2.06. The summed E-state index contributed by atoms with van der Waals surface area (Å²) in [5.74, 6) is 0. The van der Waals surface area contributed by atoms with Crippen LogP contribution in [0.1, 0.15) is 13.3 Å². The van der Waals surface area contributed by atoms with E-state index in [1.54, 1.807) is 0 Å². The third-order valence-corrected chi connectivity index (χ3v) is 1.25. The zero-order valence-corrected chi connectivity index (χ0v) is 5.05. The molecule has 0 aromatic carbocycles. The molecule has 0 spiro atoms. The van der Waals surface area contributed by atoms with Gasteiger partial charge >= 0.3 is 0 Å². The molecule has 1 unspecified atom stereocenters. The lowest BCUT2D eigenvalue weighted by molar-refractivity contribution is 0.0780. The molecule has 1 atom stereocenters. The van der Waals surface area contributed by atoms with Crippen LogP contribution in [0.5, 0.6) is 0 Å². The summed E-state index contributed by atoms with van der Waals surface area (Å²) in [7, 11) is 0. The van der Waals surface area contributed by atoms with Crippen LogP contribution in [-0.2, 0) is 4.74 Å². The van der Waals surface area contributed by atoms with E-state index in [-0.39, 0.29) is 0 Å². The molecule has 0 saturated carbocycles. The van der Waals surface area contributed by atoms with Gasteiger partial charge in [-0.1, -0.05) is 0 Å². The van der Waals surface area contributed by atoms with Gasteiger partial charge in [-0.25, -0.2) is 0 Å². The summed E-state index contributed by atoms with van der Waals surface area (Å²) in [5.41, 5.74) is 6.47. The Labute approximate surface area is 49.3 Å². The Morgan fingerprint density at radius 2 is 2.62 bits per heavy atom. The Kier molecular flexibility index (Phi) is 1.53. The fourth-order valence-electron chi connectivity index (χ4n) is 0.794. The normalized spacial score (nSPS) is 29.6. The Bertz CT molecular complexity index is 109. The molecule has 1 rings (SSSR count). The van der Waals surface area contributed by atoms with Crippen molar-refractivity contribution < 1.29 is 4.74 Å². The molecule has 1 heterocycles. The summed E-state index contributed by atoms with van der Waals surface area (Å²) >= 11 is 0. The first-order valence-corrected chi connectivity index (χ1v) is 2.85. The van der Waals surface area contributed by atoms with E-state index in [1.165, 1.54) is 0 Å². The smallest absolute Gasteiger partial charge is 0.0670 e. The quantitative estimate of drug-likeness (QED) is 0.500. The minimum atomic E-state index is 0.319. The molecule has 0 aromatic rings.